The maximum atomic E-state index is 4.63. The third kappa shape index (κ3) is 1.99. The molecule has 0 N–H and O–H groups in total. The van der Waals surface area contributed by atoms with Crippen LogP contribution in [-0.4, -0.2) is 9.55 Å². The predicted octanol–water partition coefficient (Wildman–Crippen LogP) is 3.29. The highest BCUT2D eigenvalue weighted by atomic mass is 15.1. The summed E-state index contributed by atoms with van der Waals surface area (Å²) in [5.74, 6) is 1.82. The molecule has 0 spiro atoms. The van der Waals surface area contributed by atoms with E-state index in [1.165, 1.54) is 23.6 Å². The maximum absolute atomic E-state index is 4.63. The molecule has 0 fully saturated rings. The van der Waals surface area contributed by atoms with Crippen LogP contribution in [0.3, 0.4) is 0 Å². The highest BCUT2D eigenvalue weighted by Crippen LogP contribution is 2.21. The molecule has 1 rings (SSSR count). The highest BCUT2D eigenvalue weighted by Gasteiger charge is 2.14. The van der Waals surface area contributed by atoms with Crippen molar-refractivity contribution in [3.8, 4) is 0 Å². The van der Waals surface area contributed by atoms with Crippen LogP contribution in [-0.2, 0) is 13.0 Å². The molecule has 0 atom stereocenters. The van der Waals surface area contributed by atoms with Crippen LogP contribution in [0.1, 0.15) is 57.2 Å². The molecule has 14 heavy (non-hydrogen) atoms. The Morgan fingerprint density at radius 1 is 1.29 bits per heavy atom. The number of hydrogen-bond donors (Lipinski definition) is 0. The van der Waals surface area contributed by atoms with Crippen LogP contribution in [0.2, 0.25) is 0 Å². The van der Waals surface area contributed by atoms with Gasteiger partial charge in [-0.2, -0.15) is 0 Å². The molecule has 80 valence electrons. The average Bonchev–Trinajstić information content (AvgIpc) is 2.43. The number of imidazole rings is 1. The zero-order valence-corrected chi connectivity index (χ0v) is 10.1. The van der Waals surface area contributed by atoms with E-state index in [1.54, 1.807) is 0 Å². The van der Waals surface area contributed by atoms with E-state index in [-0.39, 0.29) is 0 Å². The fraction of sp³-hybridized carbons (Fsp3) is 0.750. The summed E-state index contributed by atoms with van der Waals surface area (Å²) in [6.07, 6.45) is 2.22. The van der Waals surface area contributed by atoms with Crippen molar-refractivity contribution in [2.75, 3.05) is 0 Å². The van der Waals surface area contributed by atoms with Crippen molar-refractivity contribution in [2.24, 2.45) is 0 Å². The largest absolute Gasteiger partial charge is 0.332 e. The van der Waals surface area contributed by atoms with E-state index in [2.05, 4.69) is 44.2 Å². The fourth-order valence-electron chi connectivity index (χ4n) is 2.12. The van der Waals surface area contributed by atoms with Crippen LogP contribution in [0, 0.1) is 6.92 Å². The summed E-state index contributed by atoms with van der Waals surface area (Å²) < 4.78 is 2.40. The quantitative estimate of drug-likeness (QED) is 0.719. The summed E-state index contributed by atoms with van der Waals surface area (Å²) in [7, 11) is 0. The monoisotopic (exact) mass is 194 g/mol. The van der Waals surface area contributed by atoms with Gasteiger partial charge in [-0.15, -0.1) is 0 Å². The van der Waals surface area contributed by atoms with Crippen molar-refractivity contribution in [3.05, 3.63) is 17.2 Å². The van der Waals surface area contributed by atoms with E-state index in [0.717, 1.165) is 13.0 Å². The SMILES string of the molecule is CCCn1c(CC)nc(C)c1C(C)C. The summed E-state index contributed by atoms with van der Waals surface area (Å²) in [6.45, 7) is 12.1. The first-order valence-electron chi connectivity index (χ1n) is 5.67. The topological polar surface area (TPSA) is 17.8 Å². The maximum Gasteiger partial charge on any atom is 0.108 e. The molecule has 0 aliphatic rings. The van der Waals surface area contributed by atoms with E-state index < -0.39 is 0 Å². The average molecular weight is 194 g/mol. The van der Waals surface area contributed by atoms with E-state index in [1.807, 2.05) is 0 Å². The summed E-state index contributed by atoms with van der Waals surface area (Å²) in [6, 6.07) is 0. The van der Waals surface area contributed by atoms with Gasteiger partial charge in [-0.3, -0.25) is 0 Å². The molecule has 0 aliphatic carbocycles. The van der Waals surface area contributed by atoms with Gasteiger partial charge in [-0.25, -0.2) is 4.98 Å². The standard InChI is InChI=1S/C12H22N2/c1-6-8-14-11(7-2)13-10(5)12(14)9(3)4/h9H,6-8H2,1-5H3. The molecule has 1 aromatic rings. The van der Waals surface area contributed by atoms with Crippen molar-refractivity contribution >= 4 is 0 Å². The van der Waals surface area contributed by atoms with E-state index in [0.29, 0.717) is 5.92 Å². The predicted molar refractivity (Wildman–Crippen MR) is 60.7 cm³/mol. The number of aromatic nitrogens is 2. The molecular weight excluding hydrogens is 172 g/mol. The van der Waals surface area contributed by atoms with Crippen LogP contribution in [0.5, 0.6) is 0 Å². The lowest BCUT2D eigenvalue weighted by Crippen LogP contribution is -2.08. The van der Waals surface area contributed by atoms with Crippen molar-refractivity contribution in [3.63, 3.8) is 0 Å². The van der Waals surface area contributed by atoms with Crippen molar-refractivity contribution in [1.82, 2.24) is 9.55 Å². The van der Waals surface area contributed by atoms with Crippen molar-refractivity contribution < 1.29 is 0 Å². The second-order valence-corrected chi connectivity index (χ2v) is 4.16. The Morgan fingerprint density at radius 2 is 1.93 bits per heavy atom. The highest BCUT2D eigenvalue weighted by molar-refractivity contribution is 5.19. The lowest BCUT2D eigenvalue weighted by Gasteiger charge is -2.13. The summed E-state index contributed by atoms with van der Waals surface area (Å²) >= 11 is 0. The third-order valence-corrected chi connectivity index (χ3v) is 2.58. The minimum atomic E-state index is 0.578. The Labute approximate surface area is 87.4 Å². The van der Waals surface area contributed by atoms with Crippen LogP contribution in [0.15, 0.2) is 0 Å². The van der Waals surface area contributed by atoms with Gasteiger partial charge in [0.15, 0.2) is 0 Å². The Hall–Kier alpha value is -0.790. The van der Waals surface area contributed by atoms with Gasteiger partial charge in [0.25, 0.3) is 0 Å². The lowest BCUT2D eigenvalue weighted by molar-refractivity contribution is 0.595. The summed E-state index contributed by atoms with van der Waals surface area (Å²) in [5.41, 5.74) is 2.63. The molecule has 0 aromatic carbocycles. The molecule has 1 heterocycles. The van der Waals surface area contributed by atoms with Crippen molar-refractivity contribution in [2.45, 2.75) is 59.9 Å². The first-order valence-corrected chi connectivity index (χ1v) is 5.67. The number of aryl methyl sites for hydroxylation is 2. The molecule has 0 unspecified atom stereocenters. The molecule has 0 bridgehead atoms. The molecule has 2 heteroatoms. The minimum absolute atomic E-state index is 0.578. The zero-order chi connectivity index (χ0) is 10.7. The van der Waals surface area contributed by atoms with Gasteiger partial charge in [0, 0.05) is 18.7 Å². The van der Waals surface area contributed by atoms with E-state index in [9.17, 15) is 0 Å². The first kappa shape index (κ1) is 11.3. The Balaban J connectivity index is 3.16. The van der Waals surface area contributed by atoms with Crippen LogP contribution < -0.4 is 0 Å². The molecule has 0 saturated carbocycles. The molecule has 2 nitrogen and oxygen atoms in total. The van der Waals surface area contributed by atoms with E-state index in [4.69, 9.17) is 0 Å². The molecule has 0 amide bonds. The smallest absolute Gasteiger partial charge is 0.108 e. The Morgan fingerprint density at radius 3 is 2.36 bits per heavy atom. The number of hydrogen-bond acceptors (Lipinski definition) is 1. The van der Waals surface area contributed by atoms with E-state index >= 15 is 0 Å². The van der Waals surface area contributed by atoms with Crippen LogP contribution in [0.4, 0.5) is 0 Å². The van der Waals surface area contributed by atoms with Gasteiger partial charge in [-0.05, 0) is 19.3 Å². The summed E-state index contributed by atoms with van der Waals surface area (Å²) in [5, 5.41) is 0. The molecule has 0 saturated heterocycles. The third-order valence-electron chi connectivity index (χ3n) is 2.58. The normalized spacial score (nSPS) is 11.3. The van der Waals surface area contributed by atoms with Crippen LogP contribution in [0.25, 0.3) is 0 Å². The van der Waals surface area contributed by atoms with Gasteiger partial charge in [0.05, 0.1) is 5.69 Å². The lowest BCUT2D eigenvalue weighted by atomic mass is 10.1. The Kier molecular flexibility index (Phi) is 3.73. The minimum Gasteiger partial charge on any atom is -0.332 e. The number of nitrogens with zero attached hydrogens (tertiary/aromatic N) is 2. The first-order chi connectivity index (χ1) is 6.61. The fourth-order valence-corrected chi connectivity index (χ4v) is 2.12. The van der Waals surface area contributed by atoms with Crippen LogP contribution >= 0.6 is 0 Å². The van der Waals surface area contributed by atoms with Gasteiger partial charge in [0.2, 0.25) is 0 Å². The summed E-state index contributed by atoms with van der Waals surface area (Å²) in [4.78, 5) is 4.63. The van der Waals surface area contributed by atoms with Gasteiger partial charge < -0.3 is 4.57 Å². The second-order valence-electron chi connectivity index (χ2n) is 4.16. The molecule has 0 radical (unpaired) electrons. The second kappa shape index (κ2) is 4.63. The molecule has 0 aliphatic heterocycles. The zero-order valence-electron chi connectivity index (χ0n) is 10.1. The van der Waals surface area contributed by atoms with Crippen molar-refractivity contribution in [1.29, 1.82) is 0 Å². The van der Waals surface area contributed by atoms with Gasteiger partial charge in [0.1, 0.15) is 5.82 Å². The number of rotatable bonds is 4. The molecule has 1 aromatic heterocycles. The Bertz CT molecular complexity index is 298. The van der Waals surface area contributed by atoms with Gasteiger partial charge in [-0.1, -0.05) is 27.7 Å². The van der Waals surface area contributed by atoms with Gasteiger partial charge >= 0.3 is 0 Å². The molecular formula is C12H22N2.